The van der Waals surface area contributed by atoms with Crippen LogP contribution >= 0.6 is 11.3 Å². The van der Waals surface area contributed by atoms with E-state index >= 15 is 0 Å². The van der Waals surface area contributed by atoms with E-state index in [0.717, 1.165) is 40.7 Å². The number of aryl methyl sites for hydroxylation is 1. The Kier molecular flexibility index (Phi) is 3.36. The molecule has 5 heteroatoms. The number of imidazole rings is 1. The lowest BCUT2D eigenvalue weighted by Gasteiger charge is -2.05. The summed E-state index contributed by atoms with van der Waals surface area (Å²) in [6.07, 6.45) is 1.01. The number of fused-ring (bicyclic) bond motifs is 1. The van der Waals surface area contributed by atoms with Crippen molar-refractivity contribution >= 4 is 22.1 Å². The number of thiazole rings is 1. The van der Waals surface area contributed by atoms with Crippen LogP contribution in [0, 0.1) is 6.92 Å². The Bertz CT molecular complexity index is 727. The molecule has 0 atom stereocenters. The van der Waals surface area contributed by atoms with E-state index in [0.29, 0.717) is 5.82 Å². The van der Waals surface area contributed by atoms with Crippen molar-refractivity contribution in [3.05, 3.63) is 35.3 Å². The van der Waals surface area contributed by atoms with E-state index in [1.54, 1.807) is 11.3 Å². The van der Waals surface area contributed by atoms with E-state index in [4.69, 9.17) is 10.5 Å². The maximum absolute atomic E-state index is 6.21. The molecular weight excluding hydrogens is 270 g/mol. The van der Waals surface area contributed by atoms with Crippen LogP contribution < -0.4 is 10.5 Å². The molecule has 2 N–H and O–H groups in total. The zero-order valence-corrected chi connectivity index (χ0v) is 12.4. The highest BCUT2D eigenvalue weighted by Crippen LogP contribution is 2.30. The van der Waals surface area contributed by atoms with Gasteiger partial charge in [0.2, 0.25) is 0 Å². The van der Waals surface area contributed by atoms with Gasteiger partial charge in [-0.1, -0.05) is 6.92 Å². The van der Waals surface area contributed by atoms with Gasteiger partial charge in [0.15, 0.2) is 4.96 Å². The molecule has 0 bridgehead atoms. The van der Waals surface area contributed by atoms with Gasteiger partial charge >= 0.3 is 0 Å². The smallest absolute Gasteiger partial charge is 0.196 e. The first-order chi connectivity index (χ1) is 9.70. The Morgan fingerprint density at radius 2 is 2.05 bits per heavy atom. The number of nitrogens with two attached hydrogens (primary N) is 1. The van der Waals surface area contributed by atoms with E-state index in [1.807, 2.05) is 35.6 Å². The molecule has 0 aliphatic rings. The van der Waals surface area contributed by atoms with E-state index in [-0.39, 0.29) is 0 Å². The summed E-state index contributed by atoms with van der Waals surface area (Å²) in [5.41, 5.74) is 9.18. The molecule has 104 valence electrons. The molecule has 0 saturated heterocycles. The minimum Gasteiger partial charge on any atom is -0.494 e. The maximum Gasteiger partial charge on any atom is 0.196 e. The molecule has 0 radical (unpaired) electrons. The maximum atomic E-state index is 6.21. The van der Waals surface area contributed by atoms with Crippen molar-refractivity contribution in [3.8, 4) is 17.0 Å². The number of anilines is 1. The van der Waals surface area contributed by atoms with Crippen LogP contribution in [-0.4, -0.2) is 16.0 Å². The van der Waals surface area contributed by atoms with Crippen molar-refractivity contribution in [2.45, 2.75) is 20.3 Å². The van der Waals surface area contributed by atoms with Crippen LogP contribution in [0.25, 0.3) is 16.2 Å². The van der Waals surface area contributed by atoms with E-state index in [1.165, 1.54) is 0 Å². The van der Waals surface area contributed by atoms with Crippen LogP contribution in [0.5, 0.6) is 5.75 Å². The summed E-state index contributed by atoms with van der Waals surface area (Å²) in [5, 5.41) is 2.06. The fourth-order valence-corrected chi connectivity index (χ4v) is 3.04. The van der Waals surface area contributed by atoms with Gasteiger partial charge in [-0.15, -0.1) is 11.3 Å². The molecule has 0 amide bonds. The molecule has 0 spiro atoms. The molecule has 2 aromatic heterocycles. The fourth-order valence-electron chi connectivity index (χ4n) is 2.16. The van der Waals surface area contributed by atoms with Crippen molar-refractivity contribution in [2.75, 3.05) is 12.3 Å². The molecule has 0 aliphatic carbocycles. The number of ether oxygens (including phenoxy) is 1. The third kappa shape index (κ3) is 2.14. The van der Waals surface area contributed by atoms with Gasteiger partial charge in [0.05, 0.1) is 6.61 Å². The summed E-state index contributed by atoms with van der Waals surface area (Å²) < 4.78 is 7.57. The van der Waals surface area contributed by atoms with Gasteiger partial charge in [-0.3, -0.25) is 4.40 Å². The summed E-state index contributed by atoms with van der Waals surface area (Å²) in [6.45, 7) is 4.86. The van der Waals surface area contributed by atoms with Crippen LogP contribution in [0.15, 0.2) is 29.6 Å². The Hall–Kier alpha value is -2.01. The number of benzene rings is 1. The normalized spacial score (nSPS) is 11.1. The molecule has 3 rings (SSSR count). The molecule has 3 aromatic rings. The van der Waals surface area contributed by atoms with E-state index in [9.17, 15) is 0 Å². The third-order valence-corrected chi connectivity index (χ3v) is 4.11. The monoisotopic (exact) mass is 287 g/mol. The quantitative estimate of drug-likeness (QED) is 0.795. The van der Waals surface area contributed by atoms with Crippen LogP contribution in [0.1, 0.15) is 19.0 Å². The molecule has 4 nitrogen and oxygen atoms in total. The standard InChI is InChI=1S/C15H17N3OS/c1-3-8-19-12-6-4-11(5-7-12)13-14(16)18-10(2)9-20-15(18)17-13/h4-7,9H,3,8,16H2,1-2H3. The van der Waals surface area contributed by atoms with Gasteiger partial charge in [-0.2, -0.15) is 0 Å². The number of aromatic nitrogens is 2. The predicted octanol–water partition coefficient (Wildman–Crippen LogP) is 3.74. The highest BCUT2D eigenvalue weighted by molar-refractivity contribution is 7.15. The second-order valence-corrected chi connectivity index (χ2v) is 5.55. The first-order valence-corrected chi connectivity index (χ1v) is 7.54. The number of hydrogen-bond acceptors (Lipinski definition) is 4. The van der Waals surface area contributed by atoms with Crippen molar-refractivity contribution in [3.63, 3.8) is 0 Å². The largest absolute Gasteiger partial charge is 0.494 e. The lowest BCUT2D eigenvalue weighted by Crippen LogP contribution is -1.96. The Labute approximate surface area is 121 Å². The van der Waals surface area contributed by atoms with E-state index in [2.05, 4.69) is 17.3 Å². The lowest BCUT2D eigenvalue weighted by atomic mass is 10.1. The second kappa shape index (κ2) is 5.17. The highest BCUT2D eigenvalue weighted by atomic mass is 32.1. The Morgan fingerprint density at radius 3 is 2.70 bits per heavy atom. The van der Waals surface area contributed by atoms with Crippen molar-refractivity contribution in [1.82, 2.24) is 9.38 Å². The number of nitrogens with zero attached hydrogens (tertiary/aromatic N) is 2. The van der Waals surface area contributed by atoms with Gasteiger partial charge in [0.1, 0.15) is 17.3 Å². The number of rotatable bonds is 4. The summed E-state index contributed by atoms with van der Waals surface area (Å²) in [4.78, 5) is 5.54. The van der Waals surface area contributed by atoms with Gasteiger partial charge in [0.25, 0.3) is 0 Å². The predicted molar refractivity (Wildman–Crippen MR) is 83.4 cm³/mol. The highest BCUT2D eigenvalue weighted by Gasteiger charge is 2.13. The minimum atomic E-state index is 0.695. The summed E-state index contributed by atoms with van der Waals surface area (Å²) in [6, 6.07) is 7.93. The van der Waals surface area contributed by atoms with Crippen LogP contribution in [0.3, 0.4) is 0 Å². The number of nitrogen functional groups attached to an aromatic ring is 1. The molecule has 20 heavy (non-hydrogen) atoms. The van der Waals surface area contributed by atoms with Crippen LogP contribution in [0.4, 0.5) is 5.82 Å². The van der Waals surface area contributed by atoms with Crippen LogP contribution in [0.2, 0.25) is 0 Å². The van der Waals surface area contributed by atoms with E-state index < -0.39 is 0 Å². The zero-order chi connectivity index (χ0) is 14.1. The first-order valence-electron chi connectivity index (χ1n) is 6.66. The molecule has 0 aliphatic heterocycles. The average molecular weight is 287 g/mol. The average Bonchev–Trinajstić information content (AvgIpc) is 2.99. The van der Waals surface area contributed by atoms with Crippen molar-refractivity contribution in [1.29, 1.82) is 0 Å². The second-order valence-electron chi connectivity index (χ2n) is 4.71. The van der Waals surface area contributed by atoms with Gasteiger partial charge in [-0.05, 0) is 37.6 Å². The van der Waals surface area contributed by atoms with Gasteiger partial charge in [0, 0.05) is 16.6 Å². The van der Waals surface area contributed by atoms with Gasteiger partial charge in [-0.25, -0.2) is 4.98 Å². The molecular formula is C15H17N3OS. The third-order valence-electron chi connectivity index (χ3n) is 3.17. The zero-order valence-electron chi connectivity index (χ0n) is 11.6. The summed E-state index contributed by atoms with van der Waals surface area (Å²) >= 11 is 1.61. The molecule has 1 aromatic carbocycles. The van der Waals surface area contributed by atoms with Crippen LogP contribution in [-0.2, 0) is 0 Å². The minimum absolute atomic E-state index is 0.695. The topological polar surface area (TPSA) is 52.5 Å². The SMILES string of the molecule is CCCOc1ccc(-c2nc3scc(C)n3c2N)cc1. The Balaban J connectivity index is 1.96. The molecule has 0 fully saturated rings. The van der Waals surface area contributed by atoms with Gasteiger partial charge < -0.3 is 10.5 Å². The molecule has 0 saturated carbocycles. The summed E-state index contributed by atoms with van der Waals surface area (Å²) in [5.74, 6) is 1.58. The first kappa shape index (κ1) is 13.0. The molecule has 0 unspecified atom stereocenters. The Morgan fingerprint density at radius 1 is 1.30 bits per heavy atom. The fraction of sp³-hybridized carbons (Fsp3) is 0.267. The van der Waals surface area contributed by atoms with Crippen molar-refractivity contribution < 1.29 is 4.74 Å². The summed E-state index contributed by atoms with van der Waals surface area (Å²) in [7, 11) is 0. The van der Waals surface area contributed by atoms with Crippen molar-refractivity contribution in [2.24, 2.45) is 0 Å². The molecule has 2 heterocycles. The number of hydrogen-bond donors (Lipinski definition) is 1. The lowest BCUT2D eigenvalue weighted by molar-refractivity contribution is 0.317.